The van der Waals surface area contributed by atoms with Crippen LogP contribution in [0.4, 0.5) is 0 Å². The van der Waals surface area contributed by atoms with Gasteiger partial charge in [-0.25, -0.2) is 10.9 Å². The quantitative estimate of drug-likeness (QED) is 0.320. The van der Waals surface area contributed by atoms with Gasteiger partial charge in [-0.05, 0) is 0 Å². The number of hydrogen-bond donors (Lipinski definition) is 4. The SMILES string of the molecule is C1CONN1.C1CONN1. The maximum Gasteiger partial charge on any atom is 0.0838 e. The molecule has 0 unspecified atom stereocenters. The van der Waals surface area contributed by atoms with E-state index in [1.54, 1.807) is 0 Å². The minimum absolute atomic E-state index is 0.778. The van der Waals surface area contributed by atoms with Crippen molar-refractivity contribution < 1.29 is 9.68 Å². The Hall–Kier alpha value is -0.240. The highest BCUT2D eigenvalue weighted by Gasteiger charge is 1.91. The Morgan fingerprint density at radius 1 is 0.800 bits per heavy atom. The van der Waals surface area contributed by atoms with Crippen LogP contribution in [-0.2, 0) is 9.68 Å². The van der Waals surface area contributed by atoms with E-state index in [-0.39, 0.29) is 0 Å². The molecule has 0 saturated carbocycles. The molecule has 2 aliphatic heterocycles. The Bertz CT molecular complexity index is 48.4. The highest BCUT2D eigenvalue weighted by molar-refractivity contribution is 4.36. The van der Waals surface area contributed by atoms with E-state index in [9.17, 15) is 0 Å². The van der Waals surface area contributed by atoms with E-state index >= 15 is 0 Å². The maximum absolute atomic E-state index is 4.58. The van der Waals surface area contributed by atoms with Crippen LogP contribution in [0.2, 0.25) is 0 Å². The first kappa shape index (κ1) is 7.86. The van der Waals surface area contributed by atoms with Crippen molar-refractivity contribution in [1.82, 2.24) is 22.0 Å². The van der Waals surface area contributed by atoms with Gasteiger partial charge in [-0.2, -0.15) is 0 Å². The van der Waals surface area contributed by atoms with Crippen LogP contribution in [0.5, 0.6) is 0 Å². The second-order valence-electron chi connectivity index (χ2n) is 1.75. The Labute approximate surface area is 59.1 Å². The molecule has 0 aliphatic carbocycles. The maximum atomic E-state index is 4.58. The van der Waals surface area contributed by atoms with Crippen molar-refractivity contribution in [1.29, 1.82) is 0 Å². The van der Waals surface area contributed by atoms with Gasteiger partial charge in [0, 0.05) is 13.1 Å². The lowest BCUT2D eigenvalue weighted by Crippen LogP contribution is -2.20. The molecule has 0 atom stereocenters. The molecule has 10 heavy (non-hydrogen) atoms. The number of hydrazine groups is 2. The predicted molar refractivity (Wildman–Crippen MR) is 34.2 cm³/mol. The van der Waals surface area contributed by atoms with Crippen molar-refractivity contribution >= 4 is 0 Å². The van der Waals surface area contributed by atoms with Crippen LogP contribution in [0.15, 0.2) is 0 Å². The molecular weight excluding hydrogens is 136 g/mol. The fourth-order valence-electron chi connectivity index (χ4n) is 0.510. The van der Waals surface area contributed by atoms with Crippen LogP contribution in [0.1, 0.15) is 0 Å². The van der Waals surface area contributed by atoms with Gasteiger partial charge in [0.1, 0.15) is 0 Å². The molecule has 2 rings (SSSR count). The van der Waals surface area contributed by atoms with E-state index in [0.717, 1.165) is 26.3 Å². The molecule has 2 heterocycles. The lowest BCUT2D eigenvalue weighted by Gasteiger charge is -1.81. The molecule has 0 spiro atoms. The lowest BCUT2D eigenvalue weighted by molar-refractivity contribution is 0.0856. The van der Waals surface area contributed by atoms with Crippen LogP contribution >= 0.6 is 0 Å². The molecule has 0 amide bonds. The lowest BCUT2D eigenvalue weighted by atomic mass is 10.8. The van der Waals surface area contributed by atoms with Crippen LogP contribution in [0.3, 0.4) is 0 Å². The molecule has 6 heteroatoms. The van der Waals surface area contributed by atoms with Gasteiger partial charge >= 0.3 is 0 Å². The predicted octanol–water partition coefficient (Wildman–Crippen LogP) is -1.95. The molecule has 0 aromatic carbocycles. The topological polar surface area (TPSA) is 66.6 Å². The first-order valence-corrected chi connectivity index (χ1v) is 3.19. The third-order valence-electron chi connectivity index (χ3n) is 0.947. The molecule has 2 fully saturated rings. The molecule has 0 radical (unpaired) electrons. The molecule has 0 aromatic heterocycles. The zero-order chi connectivity index (χ0) is 7.07. The molecule has 4 N–H and O–H groups in total. The molecule has 0 aromatic rings. The van der Waals surface area contributed by atoms with Crippen molar-refractivity contribution in [2.24, 2.45) is 0 Å². The van der Waals surface area contributed by atoms with Crippen molar-refractivity contribution in [3.8, 4) is 0 Å². The summed E-state index contributed by atoms with van der Waals surface area (Å²) in [6, 6.07) is 0. The van der Waals surface area contributed by atoms with Crippen molar-refractivity contribution in [2.45, 2.75) is 0 Å². The number of nitrogens with one attached hydrogen (secondary N) is 4. The van der Waals surface area contributed by atoms with Gasteiger partial charge in [-0.3, -0.25) is 9.68 Å². The zero-order valence-corrected chi connectivity index (χ0v) is 5.64. The van der Waals surface area contributed by atoms with Gasteiger partial charge in [0.05, 0.1) is 13.2 Å². The molecule has 6 nitrogen and oxygen atoms in total. The second kappa shape index (κ2) is 5.54. The average Bonchev–Trinajstić information content (AvgIpc) is 2.67. The Morgan fingerprint density at radius 3 is 1.40 bits per heavy atom. The minimum atomic E-state index is 0.778. The zero-order valence-electron chi connectivity index (χ0n) is 5.64. The van der Waals surface area contributed by atoms with Crippen molar-refractivity contribution in [3.05, 3.63) is 0 Å². The summed E-state index contributed by atoms with van der Waals surface area (Å²) in [5, 5.41) is 0. The summed E-state index contributed by atoms with van der Waals surface area (Å²) in [6.07, 6.45) is 0. The van der Waals surface area contributed by atoms with Gasteiger partial charge in [0.25, 0.3) is 0 Å². The van der Waals surface area contributed by atoms with Gasteiger partial charge in [0.15, 0.2) is 0 Å². The Morgan fingerprint density at radius 2 is 1.30 bits per heavy atom. The smallest absolute Gasteiger partial charge is 0.0838 e. The first-order chi connectivity index (χ1) is 5.00. The van der Waals surface area contributed by atoms with E-state index in [2.05, 4.69) is 31.7 Å². The summed E-state index contributed by atoms with van der Waals surface area (Å²) in [5.74, 6) is 0. The second-order valence-corrected chi connectivity index (χ2v) is 1.75. The first-order valence-electron chi connectivity index (χ1n) is 3.19. The van der Waals surface area contributed by atoms with Crippen LogP contribution in [0.25, 0.3) is 0 Å². The highest BCUT2D eigenvalue weighted by atomic mass is 16.7. The largest absolute Gasteiger partial charge is 0.286 e. The summed E-state index contributed by atoms with van der Waals surface area (Å²) in [4.78, 5) is 9.17. The van der Waals surface area contributed by atoms with Crippen molar-refractivity contribution in [2.75, 3.05) is 26.3 Å². The molecule has 60 valence electrons. The van der Waals surface area contributed by atoms with Gasteiger partial charge in [-0.1, -0.05) is 0 Å². The van der Waals surface area contributed by atoms with Gasteiger partial charge < -0.3 is 0 Å². The van der Waals surface area contributed by atoms with Gasteiger partial charge in [0.2, 0.25) is 0 Å². The van der Waals surface area contributed by atoms with Gasteiger partial charge in [-0.15, -0.1) is 11.2 Å². The Balaban J connectivity index is 0.0000001000. The standard InChI is InChI=1S/2C2H6N2O/c2*1-2-5-4-3-1/h2*3-4H,1-2H2. The normalized spacial score (nSPS) is 24.0. The molecular formula is C4H12N4O2. The fourth-order valence-corrected chi connectivity index (χ4v) is 0.510. The number of rotatable bonds is 0. The molecule has 2 aliphatic rings. The fraction of sp³-hybridized carbons (Fsp3) is 1.00. The third-order valence-corrected chi connectivity index (χ3v) is 0.947. The third kappa shape index (κ3) is 3.72. The molecule has 2 saturated heterocycles. The Kier molecular flexibility index (Phi) is 4.35. The highest BCUT2D eigenvalue weighted by Crippen LogP contribution is 1.67. The number of hydrogen-bond acceptors (Lipinski definition) is 6. The summed E-state index contributed by atoms with van der Waals surface area (Å²) in [5.41, 5.74) is 10.4. The van der Waals surface area contributed by atoms with Crippen LogP contribution < -0.4 is 22.0 Å². The minimum Gasteiger partial charge on any atom is -0.286 e. The molecule has 0 bridgehead atoms. The van der Waals surface area contributed by atoms with Crippen molar-refractivity contribution in [3.63, 3.8) is 0 Å². The summed E-state index contributed by atoms with van der Waals surface area (Å²) >= 11 is 0. The monoisotopic (exact) mass is 148 g/mol. The summed E-state index contributed by atoms with van der Waals surface area (Å²) < 4.78 is 0. The average molecular weight is 148 g/mol. The summed E-state index contributed by atoms with van der Waals surface area (Å²) in [6.45, 7) is 3.39. The van der Waals surface area contributed by atoms with E-state index in [1.165, 1.54) is 0 Å². The van der Waals surface area contributed by atoms with E-state index in [0.29, 0.717) is 0 Å². The van der Waals surface area contributed by atoms with E-state index in [1.807, 2.05) is 0 Å². The van der Waals surface area contributed by atoms with Crippen LogP contribution in [-0.4, -0.2) is 26.3 Å². The summed E-state index contributed by atoms with van der Waals surface area (Å²) in [7, 11) is 0. The van der Waals surface area contributed by atoms with E-state index < -0.39 is 0 Å². The van der Waals surface area contributed by atoms with Crippen LogP contribution in [0, 0.1) is 0 Å². The van der Waals surface area contributed by atoms with E-state index in [4.69, 9.17) is 0 Å².